The molecule has 3 rings (SSSR count). The summed E-state index contributed by atoms with van der Waals surface area (Å²) in [6.07, 6.45) is 1.62. The maximum Gasteiger partial charge on any atom is 0.197 e. The SMILES string of the molecule is N#Cc1ccc2[nH]cc(C(=O)c3cc(Cl)sc3Cl)c2c1. The van der Waals surface area contributed by atoms with E-state index in [2.05, 4.69) is 11.1 Å². The number of hydrogen-bond donors (Lipinski definition) is 1. The van der Waals surface area contributed by atoms with Gasteiger partial charge < -0.3 is 4.98 Å². The molecule has 2 aromatic heterocycles. The minimum atomic E-state index is -0.209. The molecule has 0 aliphatic carbocycles. The topological polar surface area (TPSA) is 56.6 Å². The lowest BCUT2D eigenvalue weighted by atomic mass is 10.0. The second-order valence-corrected chi connectivity index (χ2v) is 6.43. The molecule has 0 aliphatic rings. The first-order chi connectivity index (χ1) is 9.60. The fraction of sp³-hybridized carbons (Fsp3) is 0. The van der Waals surface area contributed by atoms with E-state index in [1.54, 1.807) is 30.5 Å². The number of nitrogens with one attached hydrogen (secondary N) is 1. The third kappa shape index (κ3) is 2.10. The summed E-state index contributed by atoms with van der Waals surface area (Å²) < 4.78 is 0.835. The normalized spacial score (nSPS) is 10.7. The van der Waals surface area contributed by atoms with Crippen molar-refractivity contribution in [1.82, 2.24) is 4.98 Å². The molecule has 0 saturated heterocycles. The van der Waals surface area contributed by atoms with Crippen LogP contribution in [0.3, 0.4) is 0 Å². The maximum absolute atomic E-state index is 12.5. The van der Waals surface area contributed by atoms with Crippen LogP contribution in [0.15, 0.2) is 30.5 Å². The van der Waals surface area contributed by atoms with Crippen LogP contribution in [0.2, 0.25) is 8.67 Å². The van der Waals surface area contributed by atoms with Crippen molar-refractivity contribution in [2.45, 2.75) is 0 Å². The van der Waals surface area contributed by atoms with Crippen molar-refractivity contribution in [3.05, 3.63) is 55.8 Å². The van der Waals surface area contributed by atoms with E-state index in [-0.39, 0.29) is 5.78 Å². The molecule has 0 aliphatic heterocycles. The lowest BCUT2D eigenvalue weighted by Gasteiger charge is -1.98. The Morgan fingerprint density at radius 2 is 2.05 bits per heavy atom. The number of carbonyl (C=O) groups is 1. The number of ketones is 1. The molecule has 0 unspecified atom stereocenters. The van der Waals surface area contributed by atoms with Gasteiger partial charge in [0.25, 0.3) is 0 Å². The number of benzene rings is 1. The lowest BCUT2D eigenvalue weighted by molar-refractivity contribution is 0.104. The van der Waals surface area contributed by atoms with Gasteiger partial charge in [0.05, 0.1) is 21.5 Å². The van der Waals surface area contributed by atoms with Crippen molar-refractivity contribution < 1.29 is 4.79 Å². The molecule has 0 fully saturated rings. The molecule has 0 amide bonds. The summed E-state index contributed by atoms with van der Waals surface area (Å²) in [6.45, 7) is 0. The highest BCUT2D eigenvalue weighted by Gasteiger charge is 2.19. The number of rotatable bonds is 2. The van der Waals surface area contributed by atoms with Crippen LogP contribution in [0.25, 0.3) is 10.9 Å². The number of thiophene rings is 1. The van der Waals surface area contributed by atoms with Crippen molar-refractivity contribution in [3.8, 4) is 6.07 Å². The zero-order chi connectivity index (χ0) is 14.3. The van der Waals surface area contributed by atoms with Gasteiger partial charge in [0, 0.05) is 22.7 Å². The second kappa shape index (κ2) is 4.95. The molecular weight excluding hydrogens is 315 g/mol. The Kier molecular flexibility index (Phi) is 3.27. The summed E-state index contributed by atoms with van der Waals surface area (Å²) in [7, 11) is 0. The van der Waals surface area contributed by atoms with Crippen molar-refractivity contribution in [2.24, 2.45) is 0 Å². The molecule has 0 radical (unpaired) electrons. The van der Waals surface area contributed by atoms with E-state index in [0.29, 0.717) is 30.7 Å². The average Bonchev–Trinajstić information content (AvgIpc) is 3.00. The van der Waals surface area contributed by atoms with E-state index in [4.69, 9.17) is 28.5 Å². The molecular formula is C14H6Cl2N2OS. The van der Waals surface area contributed by atoms with E-state index >= 15 is 0 Å². The van der Waals surface area contributed by atoms with Gasteiger partial charge in [-0.3, -0.25) is 4.79 Å². The Hall–Kier alpha value is -1.80. The van der Waals surface area contributed by atoms with E-state index in [1.807, 2.05) is 0 Å². The molecule has 1 N–H and O–H groups in total. The van der Waals surface area contributed by atoms with Crippen LogP contribution in [0.5, 0.6) is 0 Å². The number of nitriles is 1. The molecule has 3 aromatic rings. The Labute approximate surface area is 128 Å². The van der Waals surface area contributed by atoms with E-state index in [1.165, 1.54) is 0 Å². The highest BCUT2D eigenvalue weighted by molar-refractivity contribution is 7.20. The predicted molar refractivity (Wildman–Crippen MR) is 80.8 cm³/mol. The largest absolute Gasteiger partial charge is 0.360 e. The molecule has 6 heteroatoms. The quantitative estimate of drug-likeness (QED) is 0.699. The van der Waals surface area contributed by atoms with E-state index < -0.39 is 0 Å². The summed E-state index contributed by atoms with van der Waals surface area (Å²) in [5, 5.41) is 9.65. The van der Waals surface area contributed by atoms with Crippen molar-refractivity contribution in [3.63, 3.8) is 0 Å². The van der Waals surface area contributed by atoms with Crippen molar-refractivity contribution >= 4 is 51.2 Å². The summed E-state index contributed by atoms with van der Waals surface area (Å²) >= 11 is 13.0. The Morgan fingerprint density at radius 1 is 1.25 bits per heavy atom. The predicted octanol–water partition coefficient (Wildman–Crippen LogP) is 4.64. The zero-order valence-corrected chi connectivity index (χ0v) is 12.2. The average molecular weight is 321 g/mol. The Morgan fingerprint density at radius 3 is 2.70 bits per heavy atom. The molecule has 0 bridgehead atoms. The van der Waals surface area contributed by atoms with Gasteiger partial charge >= 0.3 is 0 Å². The van der Waals surface area contributed by atoms with Gasteiger partial charge in [-0.2, -0.15) is 5.26 Å². The fourth-order valence-corrected chi connectivity index (χ4v) is 3.48. The van der Waals surface area contributed by atoms with Crippen molar-refractivity contribution in [1.29, 1.82) is 5.26 Å². The van der Waals surface area contributed by atoms with Crippen LogP contribution < -0.4 is 0 Å². The van der Waals surface area contributed by atoms with Crippen LogP contribution in [-0.2, 0) is 0 Å². The molecule has 2 heterocycles. The minimum absolute atomic E-state index is 0.209. The van der Waals surface area contributed by atoms with Gasteiger partial charge in [-0.05, 0) is 24.3 Å². The van der Waals surface area contributed by atoms with Crippen LogP contribution in [-0.4, -0.2) is 10.8 Å². The highest BCUT2D eigenvalue weighted by Crippen LogP contribution is 2.33. The number of halogens is 2. The van der Waals surface area contributed by atoms with Gasteiger partial charge in [0.1, 0.15) is 4.34 Å². The number of aromatic amines is 1. The molecule has 98 valence electrons. The summed E-state index contributed by atoms with van der Waals surface area (Å²) in [5.74, 6) is -0.209. The first-order valence-electron chi connectivity index (χ1n) is 5.61. The van der Waals surface area contributed by atoms with Gasteiger partial charge in [0.15, 0.2) is 5.78 Å². The smallest absolute Gasteiger partial charge is 0.197 e. The first-order valence-corrected chi connectivity index (χ1v) is 7.18. The summed E-state index contributed by atoms with van der Waals surface area (Å²) in [4.78, 5) is 15.5. The second-order valence-electron chi connectivity index (χ2n) is 4.14. The Balaban J connectivity index is 2.17. The van der Waals surface area contributed by atoms with Gasteiger partial charge in [-0.1, -0.05) is 23.2 Å². The number of hydrogen-bond acceptors (Lipinski definition) is 3. The van der Waals surface area contributed by atoms with Gasteiger partial charge in [-0.15, -0.1) is 11.3 Å². The third-order valence-electron chi connectivity index (χ3n) is 2.96. The monoisotopic (exact) mass is 320 g/mol. The number of fused-ring (bicyclic) bond motifs is 1. The van der Waals surface area contributed by atoms with Crippen molar-refractivity contribution in [2.75, 3.05) is 0 Å². The van der Waals surface area contributed by atoms with Crippen LogP contribution in [0.1, 0.15) is 21.5 Å². The maximum atomic E-state index is 12.5. The molecule has 0 atom stereocenters. The van der Waals surface area contributed by atoms with E-state index in [9.17, 15) is 4.79 Å². The van der Waals surface area contributed by atoms with E-state index in [0.717, 1.165) is 16.9 Å². The standard InChI is InChI=1S/C14H6Cl2N2OS/c15-12-4-9(14(16)20-12)13(19)10-6-18-11-2-1-7(5-17)3-8(10)11/h1-4,6,18H. The lowest BCUT2D eigenvalue weighted by Crippen LogP contribution is -1.99. The number of carbonyl (C=O) groups excluding carboxylic acids is 1. The molecule has 1 aromatic carbocycles. The first kappa shape index (κ1) is 13.2. The minimum Gasteiger partial charge on any atom is -0.360 e. The van der Waals surface area contributed by atoms with Gasteiger partial charge in [0.2, 0.25) is 0 Å². The van der Waals surface area contributed by atoms with Gasteiger partial charge in [-0.25, -0.2) is 0 Å². The number of H-pyrrole nitrogens is 1. The molecule has 0 spiro atoms. The summed E-state index contributed by atoms with van der Waals surface area (Å²) in [5.41, 5.74) is 2.16. The number of aromatic nitrogens is 1. The van der Waals surface area contributed by atoms with Crippen LogP contribution in [0, 0.1) is 11.3 Å². The Bertz CT molecular complexity index is 873. The molecule has 0 saturated carbocycles. The zero-order valence-electron chi connectivity index (χ0n) is 9.91. The third-order valence-corrected chi connectivity index (χ3v) is 4.44. The summed E-state index contributed by atoms with van der Waals surface area (Å²) in [6, 6.07) is 8.77. The highest BCUT2D eigenvalue weighted by atomic mass is 35.5. The van der Waals surface area contributed by atoms with Crippen LogP contribution in [0.4, 0.5) is 0 Å². The van der Waals surface area contributed by atoms with Crippen LogP contribution >= 0.6 is 34.5 Å². The molecule has 20 heavy (non-hydrogen) atoms. The molecule has 3 nitrogen and oxygen atoms in total. The fourth-order valence-electron chi connectivity index (χ4n) is 2.02. The number of nitrogens with zero attached hydrogens (tertiary/aromatic N) is 1.